The molecule has 20 heavy (non-hydrogen) atoms. The Balaban J connectivity index is 2.42. The molecule has 112 valence electrons. The fourth-order valence-electron chi connectivity index (χ4n) is 1.67. The number of amides is 2. The number of H-pyrrole nitrogens is 1. The lowest BCUT2D eigenvalue weighted by Crippen LogP contribution is -2.47. The van der Waals surface area contributed by atoms with Gasteiger partial charge in [0.15, 0.2) is 0 Å². The smallest absolute Gasteiger partial charge is 0.239 e. The SMILES string of the molecule is CCC(NC(=O)CNC(=O)[C@@H](N)C(C)C)c1ncc[nH]1. The van der Waals surface area contributed by atoms with Crippen molar-refractivity contribution in [1.82, 2.24) is 20.6 Å². The Bertz CT molecular complexity index is 430. The van der Waals surface area contributed by atoms with Crippen molar-refractivity contribution >= 4 is 11.8 Å². The van der Waals surface area contributed by atoms with Crippen molar-refractivity contribution < 1.29 is 9.59 Å². The molecule has 1 aromatic rings. The van der Waals surface area contributed by atoms with Crippen LogP contribution < -0.4 is 16.4 Å². The quantitative estimate of drug-likeness (QED) is 0.566. The molecule has 0 saturated carbocycles. The van der Waals surface area contributed by atoms with Crippen molar-refractivity contribution in [2.45, 2.75) is 39.3 Å². The Morgan fingerprint density at radius 2 is 2.15 bits per heavy atom. The van der Waals surface area contributed by atoms with Crippen molar-refractivity contribution in [1.29, 1.82) is 0 Å². The first-order valence-electron chi connectivity index (χ1n) is 6.77. The summed E-state index contributed by atoms with van der Waals surface area (Å²) in [5.74, 6) is 0.148. The lowest BCUT2D eigenvalue weighted by molar-refractivity contribution is -0.127. The van der Waals surface area contributed by atoms with Crippen molar-refractivity contribution in [2.24, 2.45) is 11.7 Å². The predicted molar refractivity (Wildman–Crippen MR) is 75.6 cm³/mol. The van der Waals surface area contributed by atoms with E-state index in [4.69, 9.17) is 5.73 Å². The van der Waals surface area contributed by atoms with Gasteiger partial charge in [0.05, 0.1) is 18.6 Å². The van der Waals surface area contributed by atoms with Crippen LogP contribution in [-0.4, -0.2) is 34.4 Å². The van der Waals surface area contributed by atoms with E-state index >= 15 is 0 Å². The molecule has 0 radical (unpaired) electrons. The van der Waals surface area contributed by atoms with Crippen molar-refractivity contribution in [3.63, 3.8) is 0 Å². The van der Waals surface area contributed by atoms with Crippen LogP contribution in [0.5, 0.6) is 0 Å². The predicted octanol–water partition coefficient (Wildman–Crippen LogP) is 0.0765. The van der Waals surface area contributed by atoms with Gasteiger partial charge in [-0.3, -0.25) is 9.59 Å². The molecule has 7 heteroatoms. The van der Waals surface area contributed by atoms with E-state index < -0.39 is 6.04 Å². The van der Waals surface area contributed by atoms with Crippen LogP contribution in [0.25, 0.3) is 0 Å². The molecule has 1 unspecified atom stereocenters. The molecule has 0 aliphatic rings. The summed E-state index contributed by atoms with van der Waals surface area (Å²) in [5, 5.41) is 5.34. The number of aromatic amines is 1. The first-order valence-corrected chi connectivity index (χ1v) is 6.77. The van der Waals surface area contributed by atoms with Gasteiger partial charge in [0.1, 0.15) is 5.82 Å². The molecular formula is C13H23N5O2. The standard InChI is InChI=1S/C13H23N5O2/c1-4-9(12-15-5-6-16-12)18-10(19)7-17-13(20)11(14)8(2)3/h5-6,8-9,11H,4,7,14H2,1-3H3,(H,15,16)(H,17,20)(H,18,19)/t9?,11-/m0/s1. The number of carbonyl (C=O) groups excluding carboxylic acids is 2. The second kappa shape index (κ2) is 7.64. The fourth-order valence-corrected chi connectivity index (χ4v) is 1.67. The monoisotopic (exact) mass is 281 g/mol. The molecule has 0 bridgehead atoms. The maximum absolute atomic E-state index is 11.8. The first kappa shape index (κ1) is 16.2. The van der Waals surface area contributed by atoms with E-state index in [2.05, 4.69) is 20.6 Å². The zero-order valence-electron chi connectivity index (χ0n) is 12.1. The molecule has 0 aliphatic heterocycles. The Morgan fingerprint density at radius 3 is 2.65 bits per heavy atom. The summed E-state index contributed by atoms with van der Waals surface area (Å²) in [6.07, 6.45) is 4.04. The van der Waals surface area contributed by atoms with E-state index in [9.17, 15) is 9.59 Å². The number of rotatable bonds is 7. The highest BCUT2D eigenvalue weighted by atomic mass is 16.2. The van der Waals surface area contributed by atoms with Crippen LogP contribution in [0.2, 0.25) is 0 Å². The van der Waals surface area contributed by atoms with Gasteiger partial charge < -0.3 is 21.4 Å². The molecule has 2 atom stereocenters. The van der Waals surface area contributed by atoms with Crippen molar-refractivity contribution in [3.8, 4) is 0 Å². The van der Waals surface area contributed by atoms with Gasteiger partial charge in [-0.1, -0.05) is 20.8 Å². The van der Waals surface area contributed by atoms with Crippen LogP contribution in [0.3, 0.4) is 0 Å². The maximum Gasteiger partial charge on any atom is 0.239 e. The minimum Gasteiger partial charge on any atom is -0.347 e. The van der Waals surface area contributed by atoms with Crippen LogP contribution in [0.15, 0.2) is 12.4 Å². The molecular weight excluding hydrogens is 258 g/mol. The van der Waals surface area contributed by atoms with E-state index in [1.165, 1.54) is 0 Å². The number of nitrogens with zero attached hydrogens (tertiary/aromatic N) is 1. The van der Waals surface area contributed by atoms with Gasteiger partial charge >= 0.3 is 0 Å². The maximum atomic E-state index is 11.8. The third kappa shape index (κ3) is 4.65. The molecule has 0 aliphatic carbocycles. The molecule has 1 aromatic heterocycles. The summed E-state index contributed by atoms with van der Waals surface area (Å²) >= 11 is 0. The zero-order valence-corrected chi connectivity index (χ0v) is 12.1. The summed E-state index contributed by atoms with van der Waals surface area (Å²) < 4.78 is 0. The van der Waals surface area contributed by atoms with Gasteiger partial charge in [-0.05, 0) is 12.3 Å². The molecule has 0 spiro atoms. The molecule has 2 amide bonds. The Morgan fingerprint density at radius 1 is 1.45 bits per heavy atom. The molecule has 1 rings (SSSR count). The van der Waals surface area contributed by atoms with E-state index in [0.29, 0.717) is 12.2 Å². The fraction of sp³-hybridized carbons (Fsp3) is 0.615. The Labute approximate surface area is 118 Å². The third-order valence-electron chi connectivity index (χ3n) is 3.04. The number of aromatic nitrogens is 2. The lowest BCUT2D eigenvalue weighted by Gasteiger charge is -2.17. The van der Waals surface area contributed by atoms with Gasteiger partial charge in [-0.15, -0.1) is 0 Å². The average molecular weight is 281 g/mol. The summed E-state index contributed by atoms with van der Waals surface area (Å²) in [4.78, 5) is 30.5. The van der Waals surface area contributed by atoms with E-state index in [1.54, 1.807) is 12.4 Å². The van der Waals surface area contributed by atoms with Gasteiger partial charge in [0, 0.05) is 12.4 Å². The minimum atomic E-state index is -0.602. The van der Waals surface area contributed by atoms with Gasteiger partial charge in [-0.2, -0.15) is 0 Å². The lowest BCUT2D eigenvalue weighted by atomic mass is 10.1. The Hall–Kier alpha value is -1.89. The van der Waals surface area contributed by atoms with Crippen molar-refractivity contribution in [3.05, 3.63) is 18.2 Å². The van der Waals surface area contributed by atoms with Crippen LogP contribution in [0.4, 0.5) is 0 Å². The summed E-state index contributed by atoms with van der Waals surface area (Å²) in [6.45, 7) is 5.57. The van der Waals surface area contributed by atoms with Crippen molar-refractivity contribution in [2.75, 3.05) is 6.54 Å². The van der Waals surface area contributed by atoms with E-state index in [1.807, 2.05) is 20.8 Å². The van der Waals surface area contributed by atoms with Gasteiger partial charge in [0.2, 0.25) is 11.8 Å². The zero-order chi connectivity index (χ0) is 15.1. The number of nitrogens with two attached hydrogens (primary N) is 1. The number of carbonyl (C=O) groups is 2. The highest BCUT2D eigenvalue weighted by molar-refractivity contribution is 5.87. The molecule has 0 aromatic carbocycles. The van der Waals surface area contributed by atoms with Crippen LogP contribution >= 0.6 is 0 Å². The Kier molecular flexibility index (Phi) is 6.17. The molecule has 7 nitrogen and oxygen atoms in total. The van der Waals surface area contributed by atoms with E-state index in [0.717, 1.165) is 0 Å². The summed E-state index contributed by atoms with van der Waals surface area (Å²) in [5.41, 5.74) is 5.69. The van der Waals surface area contributed by atoms with Crippen LogP contribution in [-0.2, 0) is 9.59 Å². The third-order valence-corrected chi connectivity index (χ3v) is 3.04. The van der Waals surface area contributed by atoms with E-state index in [-0.39, 0.29) is 30.3 Å². The number of imidazole rings is 1. The average Bonchev–Trinajstić information content (AvgIpc) is 2.94. The number of hydrogen-bond acceptors (Lipinski definition) is 4. The molecule has 5 N–H and O–H groups in total. The summed E-state index contributed by atoms with van der Waals surface area (Å²) in [7, 11) is 0. The molecule has 1 heterocycles. The molecule has 0 fully saturated rings. The second-order valence-corrected chi connectivity index (χ2v) is 4.99. The number of nitrogens with one attached hydrogen (secondary N) is 3. The topological polar surface area (TPSA) is 113 Å². The van der Waals surface area contributed by atoms with Crippen LogP contribution in [0, 0.1) is 5.92 Å². The number of hydrogen-bond donors (Lipinski definition) is 4. The summed E-state index contributed by atoms with van der Waals surface area (Å²) in [6, 6.07) is -0.789. The van der Waals surface area contributed by atoms with Gasteiger partial charge in [-0.25, -0.2) is 4.98 Å². The highest BCUT2D eigenvalue weighted by Crippen LogP contribution is 2.10. The minimum absolute atomic E-state index is 0.0320. The largest absolute Gasteiger partial charge is 0.347 e. The highest BCUT2D eigenvalue weighted by Gasteiger charge is 2.19. The molecule has 0 saturated heterocycles. The van der Waals surface area contributed by atoms with Crippen LogP contribution in [0.1, 0.15) is 39.1 Å². The first-order chi connectivity index (χ1) is 9.45. The normalized spacial score (nSPS) is 13.8. The second-order valence-electron chi connectivity index (χ2n) is 4.99. The van der Waals surface area contributed by atoms with Gasteiger partial charge in [0.25, 0.3) is 0 Å².